The number of urea groups is 1. The number of aryl methyl sites for hydroxylation is 1. The normalized spacial score (nSPS) is 19.2. The standard InChI is InChI=1S/C28H30N4O2/c1-19-12-24(16-29-15-19)31-28(33)32-11-10-23(20(2)18-32)13-21-4-3-5-25(14-21)34-26-8-9-27(30-17-26)22-6-7-22/h3-5,8-9,12-17,20,22H,6-7,10-11,18H2,1-2H3,(H,31,33). The van der Waals surface area contributed by atoms with Crippen LogP contribution in [-0.4, -0.2) is 34.0 Å². The number of anilines is 1. The first-order chi connectivity index (χ1) is 16.5. The third kappa shape index (κ3) is 5.45. The van der Waals surface area contributed by atoms with Crippen molar-refractivity contribution in [2.75, 3.05) is 18.4 Å². The van der Waals surface area contributed by atoms with Crippen molar-refractivity contribution in [3.8, 4) is 11.5 Å². The van der Waals surface area contributed by atoms with E-state index in [1.54, 1.807) is 12.4 Å². The van der Waals surface area contributed by atoms with Crippen molar-refractivity contribution in [1.82, 2.24) is 14.9 Å². The number of nitrogens with zero attached hydrogens (tertiary/aromatic N) is 3. The quantitative estimate of drug-likeness (QED) is 0.484. The maximum absolute atomic E-state index is 12.7. The molecule has 0 spiro atoms. The van der Waals surface area contributed by atoms with Crippen molar-refractivity contribution in [1.29, 1.82) is 0 Å². The van der Waals surface area contributed by atoms with Gasteiger partial charge in [0.1, 0.15) is 11.5 Å². The Kier molecular flexibility index (Phi) is 6.30. The Morgan fingerprint density at radius 1 is 1.12 bits per heavy atom. The van der Waals surface area contributed by atoms with Gasteiger partial charge in [0.05, 0.1) is 18.1 Å². The number of rotatable bonds is 5. The first kappa shape index (κ1) is 22.1. The highest BCUT2D eigenvalue weighted by Crippen LogP contribution is 2.39. The predicted molar refractivity (Wildman–Crippen MR) is 134 cm³/mol. The molecule has 2 aliphatic rings. The van der Waals surface area contributed by atoms with Crippen molar-refractivity contribution in [2.45, 2.75) is 39.0 Å². The summed E-state index contributed by atoms with van der Waals surface area (Å²) in [5.74, 6) is 2.47. The molecular weight excluding hydrogens is 424 g/mol. The van der Waals surface area contributed by atoms with Crippen LogP contribution in [0.15, 0.2) is 66.6 Å². The number of ether oxygens (including phenoxy) is 1. The minimum atomic E-state index is -0.0741. The zero-order chi connectivity index (χ0) is 23.5. The van der Waals surface area contributed by atoms with E-state index in [1.807, 2.05) is 42.3 Å². The molecule has 1 unspecified atom stereocenters. The lowest BCUT2D eigenvalue weighted by molar-refractivity contribution is 0.198. The van der Waals surface area contributed by atoms with E-state index in [2.05, 4.69) is 46.5 Å². The Hall–Kier alpha value is -3.67. The van der Waals surface area contributed by atoms with Crippen molar-refractivity contribution in [2.24, 2.45) is 5.92 Å². The Balaban J connectivity index is 1.20. The molecule has 6 nitrogen and oxygen atoms in total. The molecule has 2 fully saturated rings. The van der Waals surface area contributed by atoms with E-state index in [9.17, 15) is 4.79 Å². The summed E-state index contributed by atoms with van der Waals surface area (Å²) in [6.07, 6.45) is 10.8. The lowest BCUT2D eigenvalue weighted by Crippen LogP contribution is -2.42. The molecule has 2 aromatic heterocycles. The highest BCUT2D eigenvalue weighted by molar-refractivity contribution is 5.89. The summed E-state index contributed by atoms with van der Waals surface area (Å²) in [7, 11) is 0. The molecule has 2 amide bonds. The minimum Gasteiger partial charge on any atom is -0.456 e. The van der Waals surface area contributed by atoms with E-state index in [1.165, 1.54) is 18.4 Å². The summed E-state index contributed by atoms with van der Waals surface area (Å²) in [6, 6.07) is 14.0. The largest absolute Gasteiger partial charge is 0.456 e. The number of carbonyl (C=O) groups is 1. The molecule has 1 aliphatic carbocycles. The number of aromatic nitrogens is 2. The first-order valence-electron chi connectivity index (χ1n) is 12.0. The average Bonchev–Trinajstić information content (AvgIpc) is 3.67. The highest BCUT2D eigenvalue weighted by Gasteiger charge is 2.25. The average molecular weight is 455 g/mol. The Morgan fingerprint density at radius 2 is 2.00 bits per heavy atom. The van der Waals surface area contributed by atoms with Gasteiger partial charge in [0.25, 0.3) is 0 Å². The second-order valence-electron chi connectivity index (χ2n) is 9.37. The molecule has 1 aromatic carbocycles. The topological polar surface area (TPSA) is 67.4 Å². The monoisotopic (exact) mass is 454 g/mol. The number of amides is 2. The number of hydrogen-bond donors (Lipinski definition) is 1. The summed E-state index contributed by atoms with van der Waals surface area (Å²) in [6.45, 7) is 5.51. The van der Waals surface area contributed by atoms with Crippen LogP contribution >= 0.6 is 0 Å². The van der Waals surface area contributed by atoms with Gasteiger partial charge >= 0.3 is 6.03 Å². The molecule has 6 heteroatoms. The van der Waals surface area contributed by atoms with Crippen molar-refractivity contribution in [3.05, 3.63) is 83.4 Å². The van der Waals surface area contributed by atoms with Crippen LogP contribution in [0.4, 0.5) is 10.5 Å². The number of carbonyl (C=O) groups excluding carboxylic acids is 1. The van der Waals surface area contributed by atoms with Crippen LogP contribution < -0.4 is 10.1 Å². The van der Waals surface area contributed by atoms with Gasteiger partial charge in [0.2, 0.25) is 0 Å². The molecular formula is C28H30N4O2. The molecule has 174 valence electrons. The fourth-order valence-corrected chi connectivity index (χ4v) is 4.36. The van der Waals surface area contributed by atoms with Gasteiger partial charge < -0.3 is 15.0 Å². The van der Waals surface area contributed by atoms with E-state index in [-0.39, 0.29) is 11.9 Å². The van der Waals surface area contributed by atoms with E-state index < -0.39 is 0 Å². The second kappa shape index (κ2) is 9.67. The van der Waals surface area contributed by atoms with Crippen LogP contribution in [0, 0.1) is 12.8 Å². The zero-order valence-electron chi connectivity index (χ0n) is 19.7. The van der Waals surface area contributed by atoms with Crippen molar-refractivity contribution < 1.29 is 9.53 Å². The number of nitrogens with one attached hydrogen (secondary N) is 1. The summed E-state index contributed by atoms with van der Waals surface area (Å²) >= 11 is 0. The van der Waals surface area contributed by atoms with Gasteiger partial charge in [0, 0.05) is 30.9 Å². The zero-order valence-corrected chi connectivity index (χ0v) is 19.7. The smallest absolute Gasteiger partial charge is 0.321 e. The lowest BCUT2D eigenvalue weighted by Gasteiger charge is -2.33. The summed E-state index contributed by atoms with van der Waals surface area (Å²) < 4.78 is 6.05. The van der Waals surface area contributed by atoms with E-state index in [0.29, 0.717) is 19.0 Å². The van der Waals surface area contributed by atoms with Crippen LogP contribution in [0.1, 0.15) is 48.9 Å². The van der Waals surface area contributed by atoms with Gasteiger partial charge in [-0.2, -0.15) is 0 Å². The number of benzene rings is 1. The van der Waals surface area contributed by atoms with Gasteiger partial charge in [-0.25, -0.2) is 4.79 Å². The summed E-state index contributed by atoms with van der Waals surface area (Å²) in [4.78, 5) is 23.3. The molecule has 5 rings (SSSR count). The molecule has 1 N–H and O–H groups in total. The molecule has 3 aromatic rings. The lowest BCUT2D eigenvalue weighted by atomic mass is 9.91. The van der Waals surface area contributed by atoms with Crippen LogP contribution in [0.3, 0.4) is 0 Å². The van der Waals surface area contributed by atoms with Gasteiger partial charge in [-0.3, -0.25) is 9.97 Å². The number of pyridine rings is 2. The Morgan fingerprint density at radius 3 is 2.74 bits per heavy atom. The molecule has 1 saturated heterocycles. The van der Waals surface area contributed by atoms with E-state index in [4.69, 9.17) is 4.74 Å². The van der Waals surface area contributed by atoms with Gasteiger partial charge in [-0.1, -0.05) is 30.7 Å². The van der Waals surface area contributed by atoms with Crippen LogP contribution in [-0.2, 0) is 0 Å². The highest BCUT2D eigenvalue weighted by atomic mass is 16.5. The molecule has 34 heavy (non-hydrogen) atoms. The molecule has 3 heterocycles. The fraction of sp³-hybridized carbons (Fsp3) is 0.321. The predicted octanol–water partition coefficient (Wildman–Crippen LogP) is 6.41. The number of hydrogen-bond acceptors (Lipinski definition) is 4. The summed E-state index contributed by atoms with van der Waals surface area (Å²) in [5, 5.41) is 2.96. The van der Waals surface area contributed by atoms with Gasteiger partial charge in [-0.15, -0.1) is 0 Å². The van der Waals surface area contributed by atoms with Crippen LogP contribution in [0.2, 0.25) is 0 Å². The minimum absolute atomic E-state index is 0.0741. The Labute approximate surface area is 200 Å². The van der Waals surface area contributed by atoms with Gasteiger partial charge in [0.15, 0.2) is 0 Å². The number of piperidine rings is 1. The SMILES string of the molecule is Cc1cncc(NC(=O)N2CCC(=Cc3cccc(Oc4ccc(C5CC5)nc4)c3)C(C)C2)c1. The van der Waals surface area contributed by atoms with Crippen LogP contribution in [0.25, 0.3) is 6.08 Å². The maximum Gasteiger partial charge on any atom is 0.321 e. The van der Waals surface area contributed by atoms with E-state index in [0.717, 1.165) is 40.4 Å². The Bertz CT molecular complexity index is 1200. The van der Waals surface area contributed by atoms with Crippen molar-refractivity contribution >= 4 is 17.8 Å². The first-order valence-corrected chi connectivity index (χ1v) is 12.0. The third-order valence-corrected chi connectivity index (χ3v) is 6.41. The molecule has 0 radical (unpaired) electrons. The maximum atomic E-state index is 12.7. The molecule has 0 bridgehead atoms. The molecule has 1 atom stereocenters. The third-order valence-electron chi connectivity index (χ3n) is 6.41. The summed E-state index contributed by atoms with van der Waals surface area (Å²) in [5.41, 5.74) is 5.36. The van der Waals surface area contributed by atoms with E-state index >= 15 is 0 Å². The second-order valence-corrected chi connectivity index (χ2v) is 9.37. The van der Waals surface area contributed by atoms with Crippen molar-refractivity contribution in [3.63, 3.8) is 0 Å². The molecule has 1 aliphatic heterocycles. The van der Waals surface area contributed by atoms with Gasteiger partial charge in [-0.05, 0) is 73.6 Å². The molecule has 1 saturated carbocycles. The number of likely N-dealkylation sites (tertiary alicyclic amines) is 1. The van der Waals surface area contributed by atoms with Crippen LogP contribution in [0.5, 0.6) is 11.5 Å². The fourth-order valence-electron chi connectivity index (χ4n) is 4.36.